The van der Waals surface area contributed by atoms with Gasteiger partial charge in [0.05, 0.1) is 0 Å². The fourth-order valence-corrected chi connectivity index (χ4v) is 2.79. The summed E-state index contributed by atoms with van der Waals surface area (Å²) >= 11 is 0.902. The number of likely N-dealkylation sites (tertiary alicyclic amines) is 1. The van der Waals surface area contributed by atoms with E-state index in [4.69, 9.17) is 5.11 Å². The van der Waals surface area contributed by atoms with Gasteiger partial charge in [-0.05, 0) is 19.3 Å². The topological polar surface area (TPSA) is 99.6 Å². The predicted molar refractivity (Wildman–Crippen MR) is 76.5 cm³/mol. The molecule has 1 aliphatic rings. The molecule has 21 heavy (non-hydrogen) atoms. The molecule has 0 radical (unpaired) electrons. The third-order valence-electron chi connectivity index (χ3n) is 3.25. The number of carbonyl (C=O) groups excluding carboxylic acids is 2. The fraction of sp³-hybridized carbons (Fsp3) is 0.538. The van der Waals surface area contributed by atoms with Crippen molar-refractivity contribution >= 4 is 29.1 Å². The summed E-state index contributed by atoms with van der Waals surface area (Å²) in [6, 6.07) is 0. The second kappa shape index (κ2) is 7.16. The molecule has 0 spiro atoms. The van der Waals surface area contributed by atoms with Gasteiger partial charge in [0.15, 0.2) is 0 Å². The number of hydrogen-bond acceptors (Lipinski definition) is 5. The summed E-state index contributed by atoms with van der Waals surface area (Å²) in [5.41, 5.74) is 0.0721. The molecule has 0 saturated carbocycles. The van der Waals surface area contributed by atoms with Crippen LogP contribution in [0.5, 0.6) is 0 Å². The summed E-state index contributed by atoms with van der Waals surface area (Å²) in [7, 11) is 0. The highest BCUT2D eigenvalue weighted by atomic mass is 32.1. The summed E-state index contributed by atoms with van der Waals surface area (Å²) < 4.78 is 0. The van der Waals surface area contributed by atoms with Gasteiger partial charge in [0, 0.05) is 31.4 Å². The number of hydrogen-bond donors (Lipinski definition) is 2. The molecule has 2 amide bonds. The molecule has 7 nitrogen and oxygen atoms in total. The lowest BCUT2D eigenvalue weighted by molar-refractivity contribution is -0.131. The number of aromatic carboxylic acids is 1. The molecule has 1 aliphatic heterocycles. The Labute approximate surface area is 126 Å². The van der Waals surface area contributed by atoms with Crippen LogP contribution >= 0.6 is 11.3 Å². The van der Waals surface area contributed by atoms with Gasteiger partial charge in [-0.25, -0.2) is 9.78 Å². The van der Waals surface area contributed by atoms with Crippen LogP contribution in [0, 0.1) is 0 Å². The van der Waals surface area contributed by atoms with Gasteiger partial charge in [-0.15, -0.1) is 11.3 Å². The third kappa shape index (κ3) is 4.25. The number of aromatic nitrogens is 1. The van der Waals surface area contributed by atoms with Crippen molar-refractivity contribution < 1.29 is 19.5 Å². The Morgan fingerprint density at radius 2 is 2.00 bits per heavy atom. The van der Waals surface area contributed by atoms with Gasteiger partial charge in [-0.3, -0.25) is 9.59 Å². The van der Waals surface area contributed by atoms with E-state index in [1.54, 1.807) is 0 Å². The molecule has 1 aromatic heterocycles. The Kier molecular flexibility index (Phi) is 5.26. The highest BCUT2D eigenvalue weighted by Gasteiger charge is 2.17. The number of carboxylic acids is 1. The summed E-state index contributed by atoms with van der Waals surface area (Å²) in [6.45, 7) is 1.82. The van der Waals surface area contributed by atoms with Crippen LogP contribution in [0.3, 0.4) is 0 Å². The smallest absolute Gasteiger partial charge is 0.365 e. The van der Waals surface area contributed by atoms with Crippen molar-refractivity contribution in [3.05, 3.63) is 16.1 Å². The van der Waals surface area contributed by atoms with E-state index < -0.39 is 11.9 Å². The number of carboxylic acid groups (broad SMARTS) is 1. The van der Waals surface area contributed by atoms with Crippen molar-refractivity contribution in [2.24, 2.45) is 0 Å². The van der Waals surface area contributed by atoms with E-state index in [0.717, 1.165) is 43.7 Å². The van der Waals surface area contributed by atoms with Gasteiger partial charge >= 0.3 is 5.97 Å². The Morgan fingerprint density at radius 1 is 1.29 bits per heavy atom. The van der Waals surface area contributed by atoms with Gasteiger partial charge in [0.1, 0.15) is 5.69 Å². The van der Waals surface area contributed by atoms with E-state index in [1.165, 1.54) is 5.38 Å². The minimum absolute atomic E-state index is 0.0412. The maximum atomic E-state index is 11.9. The van der Waals surface area contributed by atoms with Gasteiger partial charge < -0.3 is 15.3 Å². The van der Waals surface area contributed by atoms with Crippen LogP contribution in [-0.2, 0) is 4.79 Å². The second-order valence-corrected chi connectivity index (χ2v) is 5.65. The number of thiazole rings is 1. The predicted octanol–water partition coefficient (Wildman–Crippen LogP) is 0.974. The van der Waals surface area contributed by atoms with Crippen molar-refractivity contribution in [2.45, 2.75) is 25.7 Å². The zero-order valence-electron chi connectivity index (χ0n) is 11.5. The molecular formula is C13H17N3O4S. The molecule has 2 rings (SSSR count). The van der Waals surface area contributed by atoms with E-state index in [-0.39, 0.29) is 29.6 Å². The number of piperidine rings is 1. The molecule has 114 valence electrons. The molecular weight excluding hydrogens is 294 g/mol. The average Bonchev–Trinajstić information content (AvgIpc) is 2.98. The lowest BCUT2D eigenvalue weighted by Crippen LogP contribution is -2.37. The van der Waals surface area contributed by atoms with E-state index in [2.05, 4.69) is 10.3 Å². The maximum Gasteiger partial charge on any atom is 0.365 e. The highest BCUT2D eigenvalue weighted by molar-refractivity contribution is 7.11. The fourth-order valence-electron chi connectivity index (χ4n) is 2.15. The maximum absolute atomic E-state index is 11.9. The largest absolute Gasteiger partial charge is 0.476 e. The van der Waals surface area contributed by atoms with Gasteiger partial charge in [-0.1, -0.05) is 0 Å². The molecule has 0 aromatic carbocycles. The zero-order valence-corrected chi connectivity index (χ0v) is 12.3. The van der Waals surface area contributed by atoms with Crippen molar-refractivity contribution in [2.75, 3.05) is 19.6 Å². The Morgan fingerprint density at radius 3 is 2.62 bits per heavy atom. The molecule has 1 saturated heterocycles. The van der Waals surface area contributed by atoms with Crippen LogP contribution in [0.15, 0.2) is 5.38 Å². The minimum atomic E-state index is -1.15. The first-order valence-electron chi connectivity index (χ1n) is 6.82. The van der Waals surface area contributed by atoms with Crippen molar-refractivity contribution in [1.29, 1.82) is 0 Å². The normalized spacial score (nSPS) is 14.8. The van der Waals surface area contributed by atoms with E-state index in [1.807, 2.05) is 4.90 Å². The summed E-state index contributed by atoms with van der Waals surface area (Å²) in [6.07, 6.45) is 3.49. The van der Waals surface area contributed by atoms with Gasteiger partial charge in [0.25, 0.3) is 5.91 Å². The standard InChI is InChI=1S/C13H17N3O4S/c17-10(16-6-2-1-3-7-16)4-5-14-11(18)9-8-21-12(15-9)13(19)20/h8H,1-7H2,(H,14,18)(H,19,20). The zero-order chi connectivity index (χ0) is 15.2. The highest BCUT2D eigenvalue weighted by Crippen LogP contribution is 2.10. The molecule has 1 aromatic rings. The van der Waals surface area contributed by atoms with E-state index in [9.17, 15) is 14.4 Å². The molecule has 1 fully saturated rings. The Bertz CT molecular complexity index is 537. The number of nitrogens with one attached hydrogen (secondary N) is 1. The second-order valence-electron chi connectivity index (χ2n) is 4.79. The molecule has 0 aliphatic carbocycles. The average molecular weight is 311 g/mol. The Hall–Kier alpha value is -1.96. The third-order valence-corrected chi connectivity index (χ3v) is 4.08. The number of carbonyl (C=O) groups is 3. The first kappa shape index (κ1) is 15.4. The van der Waals surface area contributed by atoms with Crippen LogP contribution in [-0.4, -0.2) is 52.4 Å². The van der Waals surface area contributed by atoms with Gasteiger partial charge in [-0.2, -0.15) is 0 Å². The quantitative estimate of drug-likeness (QED) is 0.844. The van der Waals surface area contributed by atoms with Crippen LogP contribution in [0.4, 0.5) is 0 Å². The molecule has 2 heterocycles. The molecule has 0 unspecified atom stereocenters. The summed E-state index contributed by atoms with van der Waals surface area (Å²) in [5.74, 6) is -1.57. The number of amides is 2. The van der Waals surface area contributed by atoms with Crippen molar-refractivity contribution in [3.63, 3.8) is 0 Å². The lowest BCUT2D eigenvalue weighted by atomic mass is 10.1. The molecule has 0 atom stereocenters. The molecule has 0 bridgehead atoms. The van der Waals surface area contributed by atoms with Crippen molar-refractivity contribution in [3.8, 4) is 0 Å². The van der Waals surface area contributed by atoms with Gasteiger partial charge in [0.2, 0.25) is 10.9 Å². The minimum Gasteiger partial charge on any atom is -0.476 e. The first-order valence-corrected chi connectivity index (χ1v) is 7.70. The number of nitrogens with zero attached hydrogens (tertiary/aromatic N) is 2. The van der Waals surface area contributed by atoms with E-state index in [0.29, 0.717) is 0 Å². The van der Waals surface area contributed by atoms with E-state index >= 15 is 0 Å². The van der Waals surface area contributed by atoms with Crippen LogP contribution in [0.25, 0.3) is 0 Å². The Balaban J connectivity index is 1.75. The number of rotatable bonds is 5. The van der Waals surface area contributed by atoms with Crippen molar-refractivity contribution in [1.82, 2.24) is 15.2 Å². The summed E-state index contributed by atoms with van der Waals surface area (Å²) in [4.78, 5) is 39.9. The first-order chi connectivity index (χ1) is 10.1. The lowest BCUT2D eigenvalue weighted by Gasteiger charge is -2.26. The van der Waals surface area contributed by atoms with Crippen LogP contribution in [0.1, 0.15) is 46.0 Å². The van der Waals surface area contributed by atoms with Crippen LogP contribution < -0.4 is 5.32 Å². The monoisotopic (exact) mass is 311 g/mol. The SMILES string of the molecule is O=C(NCCC(=O)N1CCCCC1)c1csc(C(=O)O)n1. The van der Waals surface area contributed by atoms with Crippen LogP contribution in [0.2, 0.25) is 0 Å². The summed E-state index contributed by atoms with van der Waals surface area (Å²) in [5, 5.41) is 12.6. The molecule has 2 N–H and O–H groups in total. The molecule has 8 heteroatoms.